The van der Waals surface area contributed by atoms with Crippen LogP contribution in [0.2, 0.25) is 0 Å². The number of hydrogen-bond donors (Lipinski definition) is 2. The molecule has 1 amide bonds. The number of aromatic amines is 2. The molecule has 0 fully saturated rings. The Kier molecular flexibility index (Phi) is 4.46. The number of nitrogens with one attached hydrogen (secondary N) is 2. The highest BCUT2D eigenvalue weighted by molar-refractivity contribution is 5.97. The van der Waals surface area contributed by atoms with Crippen LogP contribution >= 0.6 is 0 Å². The highest BCUT2D eigenvalue weighted by Gasteiger charge is 2.16. The van der Waals surface area contributed by atoms with Gasteiger partial charge >= 0.3 is 0 Å². The van der Waals surface area contributed by atoms with E-state index < -0.39 is 0 Å². The molecule has 3 aromatic rings. The van der Waals surface area contributed by atoms with Crippen LogP contribution in [-0.4, -0.2) is 38.8 Å². The number of amides is 1. The summed E-state index contributed by atoms with van der Waals surface area (Å²) >= 11 is 0. The van der Waals surface area contributed by atoms with Crippen LogP contribution in [0.15, 0.2) is 36.8 Å². The SMILES string of the molecule is CCCCN(CC)C(=O)c1cc(-c2ccnc3[nH]ccc23)c[nH]1. The first-order valence-corrected chi connectivity index (χ1v) is 8.14. The number of unbranched alkanes of at least 4 members (excludes halogenated alkanes) is 1. The maximum absolute atomic E-state index is 12.6. The second kappa shape index (κ2) is 6.69. The highest BCUT2D eigenvalue weighted by Crippen LogP contribution is 2.27. The zero-order chi connectivity index (χ0) is 16.2. The van der Waals surface area contributed by atoms with Crippen LogP contribution in [0.1, 0.15) is 37.2 Å². The van der Waals surface area contributed by atoms with Crippen molar-refractivity contribution in [1.82, 2.24) is 19.9 Å². The first kappa shape index (κ1) is 15.3. The summed E-state index contributed by atoms with van der Waals surface area (Å²) in [7, 11) is 0. The maximum Gasteiger partial charge on any atom is 0.270 e. The summed E-state index contributed by atoms with van der Waals surface area (Å²) in [4.78, 5) is 25.0. The van der Waals surface area contributed by atoms with Crippen molar-refractivity contribution >= 4 is 16.9 Å². The summed E-state index contributed by atoms with van der Waals surface area (Å²) in [6, 6.07) is 5.91. The van der Waals surface area contributed by atoms with Gasteiger partial charge in [-0.3, -0.25) is 4.79 Å². The van der Waals surface area contributed by atoms with Gasteiger partial charge in [0.1, 0.15) is 11.3 Å². The van der Waals surface area contributed by atoms with Crippen molar-refractivity contribution in [3.63, 3.8) is 0 Å². The van der Waals surface area contributed by atoms with Crippen molar-refractivity contribution < 1.29 is 4.79 Å². The third kappa shape index (κ3) is 2.99. The van der Waals surface area contributed by atoms with Crippen molar-refractivity contribution in [2.45, 2.75) is 26.7 Å². The fourth-order valence-electron chi connectivity index (χ4n) is 2.81. The van der Waals surface area contributed by atoms with Crippen LogP contribution in [0.3, 0.4) is 0 Å². The lowest BCUT2D eigenvalue weighted by Gasteiger charge is -2.19. The summed E-state index contributed by atoms with van der Waals surface area (Å²) in [5.41, 5.74) is 3.57. The number of carbonyl (C=O) groups excluding carboxylic acids is 1. The summed E-state index contributed by atoms with van der Waals surface area (Å²) in [6.45, 7) is 5.68. The molecule has 0 aromatic carbocycles. The maximum atomic E-state index is 12.6. The Morgan fingerprint density at radius 2 is 2.13 bits per heavy atom. The number of rotatable bonds is 6. The van der Waals surface area contributed by atoms with E-state index in [4.69, 9.17) is 0 Å². The van der Waals surface area contributed by atoms with Gasteiger partial charge in [0.15, 0.2) is 0 Å². The average molecular weight is 310 g/mol. The standard InChI is InChI=1S/C18H22N4O/c1-3-5-10-22(4-2)18(23)16-11-13(12-21-16)14-6-8-19-17-15(14)7-9-20-17/h6-9,11-12,21H,3-5,10H2,1-2H3,(H,19,20). The van der Waals surface area contributed by atoms with Crippen molar-refractivity contribution in [2.75, 3.05) is 13.1 Å². The Labute approximate surface area is 135 Å². The molecule has 0 spiro atoms. The molecule has 3 heterocycles. The van der Waals surface area contributed by atoms with E-state index in [-0.39, 0.29) is 5.91 Å². The van der Waals surface area contributed by atoms with Crippen molar-refractivity contribution in [3.8, 4) is 11.1 Å². The van der Waals surface area contributed by atoms with Crippen LogP contribution in [0.25, 0.3) is 22.2 Å². The van der Waals surface area contributed by atoms with E-state index in [0.29, 0.717) is 5.69 Å². The van der Waals surface area contributed by atoms with Crippen LogP contribution < -0.4 is 0 Å². The van der Waals surface area contributed by atoms with E-state index in [2.05, 4.69) is 21.9 Å². The predicted molar refractivity (Wildman–Crippen MR) is 92.4 cm³/mol. The van der Waals surface area contributed by atoms with Crippen LogP contribution in [-0.2, 0) is 0 Å². The highest BCUT2D eigenvalue weighted by atomic mass is 16.2. The van der Waals surface area contributed by atoms with E-state index >= 15 is 0 Å². The molecule has 3 rings (SSSR count). The topological polar surface area (TPSA) is 64.8 Å². The van der Waals surface area contributed by atoms with E-state index in [1.165, 1.54) is 0 Å². The smallest absolute Gasteiger partial charge is 0.270 e. The Balaban J connectivity index is 1.88. The van der Waals surface area contributed by atoms with E-state index in [1.807, 2.05) is 42.4 Å². The minimum Gasteiger partial charge on any atom is -0.357 e. The fraction of sp³-hybridized carbons (Fsp3) is 0.333. The lowest BCUT2D eigenvalue weighted by atomic mass is 10.1. The minimum atomic E-state index is 0.0616. The van der Waals surface area contributed by atoms with Crippen LogP contribution in [0.4, 0.5) is 0 Å². The Morgan fingerprint density at radius 1 is 1.26 bits per heavy atom. The number of hydrogen-bond acceptors (Lipinski definition) is 2. The normalized spacial score (nSPS) is 11.0. The molecule has 5 nitrogen and oxygen atoms in total. The van der Waals surface area contributed by atoms with Gasteiger partial charge in [0.2, 0.25) is 0 Å². The van der Waals surface area contributed by atoms with Crippen molar-refractivity contribution in [3.05, 3.63) is 42.5 Å². The summed E-state index contributed by atoms with van der Waals surface area (Å²) in [6.07, 6.45) is 7.66. The average Bonchev–Trinajstić information content (AvgIpc) is 3.24. The first-order valence-electron chi connectivity index (χ1n) is 8.14. The van der Waals surface area contributed by atoms with Gasteiger partial charge < -0.3 is 14.9 Å². The molecule has 23 heavy (non-hydrogen) atoms. The number of fused-ring (bicyclic) bond motifs is 1. The van der Waals surface area contributed by atoms with Crippen LogP contribution in [0.5, 0.6) is 0 Å². The first-order chi connectivity index (χ1) is 11.2. The van der Waals surface area contributed by atoms with Crippen LogP contribution in [0, 0.1) is 0 Å². The molecule has 2 N–H and O–H groups in total. The van der Waals surface area contributed by atoms with Gasteiger partial charge in [-0.05, 0) is 37.1 Å². The van der Waals surface area contributed by atoms with E-state index in [1.54, 1.807) is 6.20 Å². The fourth-order valence-corrected chi connectivity index (χ4v) is 2.81. The predicted octanol–water partition coefficient (Wildman–Crippen LogP) is 3.82. The third-order valence-corrected chi connectivity index (χ3v) is 4.14. The Hall–Kier alpha value is -2.56. The molecule has 0 atom stereocenters. The molecule has 0 aliphatic carbocycles. The van der Waals surface area contributed by atoms with Crippen molar-refractivity contribution in [1.29, 1.82) is 0 Å². The van der Waals surface area contributed by atoms with Gasteiger partial charge in [0.25, 0.3) is 5.91 Å². The molecular formula is C18H22N4O. The molecule has 0 radical (unpaired) electrons. The molecule has 3 aromatic heterocycles. The van der Waals surface area contributed by atoms with Gasteiger partial charge in [0.05, 0.1) is 0 Å². The summed E-state index contributed by atoms with van der Waals surface area (Å²) in [5.74, 6) is 0.0616. The molecule has 120 valence electrons. The molecule has 0 bridgehead atoms. The molecule has 0 saturated heterocycles. The second-order valence-electron chi connectivity index (χ2n) is 5.64. The van der Waals surface area contributed by atoms with E-state index in [9.17, 15) is 4.79 Å². The number of nitrogens with zero attached hydrogens (tertiary/aromatic N) is 2. The largest absolute Gasteiger partial charge is 0.357 e. The lowest BCUT2D eigenvalue weighted by molar-refractivity contribution is 0.0757. The molecule has 0 unspecified atom stereocenters. The lowest BCUT2D eigenvalue weighted by Crippen LogP contribution is -2.31. The summed E-state index contributed by atoms with van der Waals surface area (Å²) < 4.78 is 0. The molecule has 5 heteroatoms. The van der Waals surface area contributed by atoms with Crippen molar-refractivity contribution in [2.24, 2.45) is 0 Å². The zero-order valence-corrected chi connectivity index (χ0v) is 13.6. The number of aromatic nitrogens is 3. The van der Waals surface area contributed by atoms with Gasteiger partial charge in [-0.1, -0.05) is 13.3 Å². The zero-order valence-electron chi connectivity index (χ0n) is 13.6. The number of pyridine rings is 1. The Morgan fingerprint density at radius 3 is 2.91 bits per heavy atom. The molecule has 0 aliphatic rings. The van der Waals surface area contributed by atoms with Gasteiger partial charge in [-0.15, -0.1) is 0 Å². The monoisotopic (exact) mass is 310 g/mol. The van der Waals surface area contributed by atoms with Gasteiger partial charge in [0, 0.05) is 42.6 Å². The Bertz CT molecular complexity index is 802. The van der Waals surface area contributed by atoms with Gasteiger partial charge in [-0.25, -0.2) is 4.98 Å². The summed E-state index contributed by atoms with van der Waals surface area (Å²) in [5, 5.41) is 1.06. The molecular weight excluding hydrogens is 288 g/mol. The molecule has 0 aliphatic heterocycles. The number of H-pyrrole nitrogens is 2. The van der Waals surface area contributed by atoms with Gasteiger partial charge in [-0.2, -0.15) is 0 Å². The third-order valence-electron chi connectivity index (χ3n) is 4.14. The van der Waals surface area contributed by atoms with E-state index in [0.717, 1.165) is 48.1 Å². The minimum absolute atomic E-state index is 0.0616. The molecule has 0 saturated carbocycles. The second-order valence-corrected chi connectivity index (χ2v) is 5.64. The quantitative estimate of drug-likeness (QED) is 0.727. The number of carbonyl (C=O) groups is 1.